The molecule has 1 aliphatic carbocycles. The Bertz CT molecular complexity index is 431. The summed E-state index contributed by atoms with van der Waals surface area (Å²) in [5.41, 5.74) is 0.484. The molecule has 0 radical (unpaired) electrons. The van der Waals surface area contributed by atoms with E-state index >= 15 is 0 Å². The molecule has 1 aromatic carbocycles. The molecule has 2 atom stereocenters. The first-order valence-electron chi connectivity index (χ1n) is 4.64. The summed E-state index contributed by atoms with van der Waals surface area (Å²) in [5.74, 6) is -1.11. The van der Waals surface area contributed by atoms with Crippen molar-refractivity contribution in [3.63, 3.8) is 0 Å². The zero-order valence-corrected chi connectivity index (χ0v) is 9.64. The predicted molar refractivity (Wildman–Crippen MR) is 59.6 cm³/mol. The summed E-state index contributed by atoms with van der Waals surface area (Å²) in [6.45, 7) is 1.91. The molecule has 1 N–H and O–H groups in total. The van der Waals surface area contributed by atoms with E-state index in [-0.39, 0.29) is 11.3 Å². The standard InChI is InChI=1S/C11H10Cl2O2/c1-11(5-7(11)10(14)15)6-3-2-4-8(12)9(6)13/h2-4,7H,5H2,1H3,(H,14,15). The Labute approximate surface area is 97.8 Å². The second-order valence-electron chi connectivity index (χ2n) is 4.11. The van der Waals surface area contributed by atoms with Gasteiger partial charge in [0.05, 0.1) is 16.0 Å². The van der Waals surface area contributed by atoms with Crippen molar-refractivity contribution >= 4 is 29.2 Å². The lowest BCUT2D eigenvalue weighted by molar-refractivity contribution is -0.138. The third kappa shape index (κ3) is 1.62. The highest BCUT2D eigenvalue weighted by Gasteiger charge is 2.56. The first kappa shape index (κ1) is 10.8. The maximum Gasteiger partial charge on any atom is 0.307 e. The number of hydrogen-bond acceptors (Lipinski definition) is 1. The summed E-state index contributed by atoms with van der Waals surface area (Å²) >= 11 is 12.0. The van der Waals surface area contributed by atoms with E-state index in [1.54, 1.807) is 12.1 Å². The zero-order valence-electron chi connectivity index (χ0n) is 8.13. The Hall–Kier alpha value is -0.730. The van der Waals surface area contributed by atoms with Crippen molar-refractivity contribution in [2.24, 2.45) is 5.92 Å². The van der Waals surface area contributed by atoms with Crippen LogP contribution in [-0.2, 0) is 10.2 Å². The number of benzene rings is 1. The number of aliphatic carboxylic acids is 1. The molecule has 1 fully saturated rings. The smallest absolute Gasteiger partial charge is 0.307 e. The van der Waals surface area contributed by atoms with Crippen molar-refractivity contribution in [3.05, 3.63) is 33.8 Å². The van der Waals surface area contributed by atoms with Crippen molar-refractivity contribution < 1.29 is 9.90 Å². The van der Waals surface area contributed by atoms with E-state index in [1.165, 1.54) is 0 Å². The van der Waals surface area contributed by atoms with E-state index < -0.39 is 5.97 Å². The summed E-state index contributed by atoms with van der Waals surface area (Å²) in [6.07, 6.45) is 0.627. The second-order valence-corrected chi connectivity index (χ2v) is 4.90. The van der Waals surface area contributed by atoms with E-state index in [0.29, 0.717) is 16.5 Å². The summed E-state index contributed by atoms with van der Waals surface area (Å²) in [5, 5.41) is 9.89. The Morgan fingerprint density at radius 3 is 2.73 bits per heavy atom. The lowest BCUT2D eigenvalue weighted by Crippen LogP contribution is -2.11. The van der Waals surface area contributed by atoms with Gasteiger partial charge in [-0.05, 0) is 18.1 Å². The molecule has 1 aliphatic rings. The normalized spacial score (nSPS) is 28.9. The highest BCUT2D eigenvalue weighted by atomic mass is 35.5. The van der Waals surface area contributed by atoms with Gasteiger partial charge >= 0.3 is 5.97 Å². The molecule has 2 rings (SSSR count). The van der Waals surface area contributed by atoms with Gasteiger partial charge in [-0.2, -0.15) is 0 Å². The molecule has 1 saturated carbocycles. The van der Waals surface area contributed by atoms with Gasteiger partial charge in [0.25, 0.3) is 0 Å². The van der Waals surface area contributed by atoms with Crippen molar-refractivity contribution in [1.29, 1.82) is 0 Å². The molecule has 0 heterocycles. The van der Waals surface area contributed by atoms with Crippen LogP contribution in [0.5, 0.6) is 0 Å². The van der Waals surface area contributed by atoms with Gasteiger partial charge in [-0.3, -0.25) is 4.79 Å². The molecule has 0 aliphatic heterocycles. The molecule has 15 heavy (non-hydrogen) atoms. The number of carboxylic acid groups (broad SMARTS) is 1. The van der Waals surface area contributed by atoms with Crippen LogP contribution in [-0.4, -0.2) is 11.1 Å². The largest absolute Gasteiger partial charge is 0.481 e. The van der Waals surface area contributed by atoms with Crippen molar-refractivity contribution in [2.75, 3.05) is 0 Å². The first-order chi connectivity index (χ1) is 6.97. The van der Waals surface area contributed by atoms with Crippen molar-refractivity contribution in [3.8, 4) is 0 Å². The summed E-state index contributed by atoms with van der Waals surface area (Å²) in [7, 11) is 0. The van der Waals surface area contributed by atoms with Gasteiger partial charge in [0.15, 0.2) is 0 Å². The first-order valence-corrected chi connectivity index (χ1v) is 5.39. The SMILES string of the molecule is CC1(c2cccc(Cl)c2Cl)CC1C(=O)O. The fourth-order valence-electron chi connectivity index (χ4n) is 1.97. The minimum Gasteiger partial charge on any atom is -0.481 e. The van der Waals surface area contributed by atoms with E-state index in [4.69, 9.17) is 28.3 Å². The number of carbonyl (C=O) groups is 1. The molecule has 0 aromatic heterocycles. The fourth-order valence-corrected chi connectivity index (χ4v) is 2.48. The fraction of sp³-hybridized carbons (Fsp3) is 0.364. The maximum atomic E-state index is 10.9. The Morgan fingerprint density at radius 2 is 2.20 bits per heavy atom. The van der Waals surface area contributed by atoms with Crippen LogP contribution in [0.4, 0.5) is 0 Å². The molecule has 0 saturated heterocycles. The van der Waals surface area contributed by atoms with Gasteiger partial charge in [-0.15, -0.1) is 0 Å². The second kappa shape index (κ2) is 3.39. The van der Waals surface area contributed by atoms with Crippen molar-refractivity contribution in [2.45, 2.75) is 18.8 Å². The van der Waals surface area contributed by atoms with E-state index in [9.17, 15) is 4.79 Å². The average molecular weight is 245 g/mol. The third-order valence-corrected chi connectivity index (χ3v) is 3.92. The third-order valence-electron chi connectivity index (χ3n) is 3.10. The van der Waals surface area contributed by atoms with Gasteiger partial charge in [0.1, 0.15) is 0 Å². The molecule has 0 spiro atoms. The quantitative estimate of drug-likeness (QED) is 0.867. The van der Waals surface area contributed by atoms with Crippen LogP contribution in [0.25, 0.3) is 0 Å². The highest BCUT2D eigenvalue weighted by molar-refractivity contribution is 6.42. The summed E-state index contributed by atoms with van der Waals surface area (Å²) in [6, 6.07) is 5.35. The predicted octanol–water partition coefficient (Wildman–Crippen LogP) is 3.36. The lowest BCUT2D eigenvalue weighted by Gasteiger charge is -2.13. The van der Waals surface area contributed by atoms with Crippen LogP contribution in [0.1, 0.15) is 18.9 Å². The Morgan fingerprint density at radius 1 is 1.53 bits per heavy atom. The molecule has 2 nitrogen and oxygen atoms in total. The van der Waals surface area contributed by atoms with Gasteiger partial charge in [-0.1, -0.05) is 42.3 Å². The summed E-state index contributed by atoms with van der Waals surface area (Å²) < 4.78 is 0. The number of carboxylic acids is 1. The average Bonchev–Trinajstić information content (AvgIpc) is 2.84. The van der Waals surface area contributed by atoms with Crippen LogP contribution in [0.3, 0.4) is 0 Å². The van der Waals surface area contributed by atoms with Crippen molar-refractivity contribution in [1.82, 2.24) is 0 Å². The molecule has 4 heteroatoms. The maximum absolute atomic E-state index is 10.9. The van der Waals surface area contributed by atoms with E-state index in [2.05, 4.69) is 0 Å². The van der Waals surface area contributed by atoms with Crippen LogP contribution < -0.4 is 0 Å². The molecule has 2 unspecified atom stereocenters. The van der Waals surface area contributed by atoms with E-state index in [0.717, 1.165) is 5.56 Å². The molecule has 1 aromatic rings. The minimum absolute atomic E-state index is 0.339. The summed E-state index contributed by atoms with van der Waals surface area (Å²) in [4.78, 5) is 10.9. The van der Waals surface area contributed by atoms with Gasteiger partial charge in [0, 0.05) is 5.41 Å². The van der Waals surface area contributed by atoms with Gasteiger partial charge in [0.2, 0.25) is 0 Å². The number of halogens is 2. The van der Waals surface area contributed by atoms with E-state index in [1.807, 2.05) is 13.0 Å². The topological polar surface area (TPSA) is 37.3 Å². The molecular weight excluding hydrogens is 235 g/mol. The van der Waals surface area contributed by atoms with Gasteiger partial charge < -0.3 is 5.11 Å². The molecule has 0 bridgehead atoms. The van der Waals surface area contributed by atoms with Crippen LogP contribution >= 0.6 is 23.2 Å². The highest BCUT2D eigenvalue weighted by Crippen LogP contribution is 2.56. The Balaban J connectivity index is 2.40. The zero-order chi connectivity index (χ0) is 11.2. The molecule has 80 valence electrons. The van der Waals surface area contributed by atoms with Crippen LogP contribution in [0.2, 0.25) is 10.0 Å². The van der Waals surface area contributed by atoms with Crippen LogP contribution in [0, 0.1) is 5.92 Å². The lowest BCUT2D eigenvalue weighted by atomic mass is 9.95. The minimum atomic E-state index is -0.770. The molecule has 0 amide bonds. The van der Waals surface area contributed by atoms with Gasteiger partial charge in [-0.25, -0.2) is 0 Å². The number of hydrogen-bond donors (Lipinski definition) is 1. The number of rotatable bonds is 2. The Kier molecular flexibility index (Phi) is 2.44. The van der Waals surface area contributed by atoms with Crippen LogP contribution in [0.15, 0.2) is 18.2 Å². The monoisotopic (exact) mass is 244 g/mol. The molecular formula is C11H10Cl2O2.